The molecule has 1 aromatic carbocycles. The summed E-state index contributed by atoms with van der Waals surface area (Å²) in [6.07, 6.45) is 0. The van der Waals surface area contributed by atoms with Gasteiger partial charge in [-0.1, -0.05) is 17.3 Å². The number of aromatic amines is 1. The molecule has 0 atom stereocenters. The molecule has 0 radical (unpaired) electrons. The van der Waals surface area contributed by atoms with Gasteiger partial charge in [-0.2, -0.15) is 10.1 Å². The van der Waals surface area contributed by atoms with Gasteiger partial charge in [0.1, 0.15) is 6.61 Å². The van der Waals surface area contributed by atoms with Crippen molar-refractivity contribution in [1.29, 1.82) is 0 Å². The quantitative estimate of drug-likeness (QED) is 0.696. The molecule has 9 heteroatoms. The number of carbonyl (C=O) groups excluding carboxylic acids is 1. The van der Waals surface area contributed by atoms with Crippen molar-refractivity contribution in [1.82, 2.24) is 25.2 Å². The third-order valence-electron chi connectivity index (χ3n) is 3.64. The molecule has 0 saturated carbocycles. The number of rotatable bonds is 7. The van der Waals surface area contributed by atoms with Gasteiger partial charge in [0, 0.05) is 13.5 Å². The molecule has 0 saturated heterocycles. The number of para-hydroxylation sites is 1. The molecule has 3 aromatic rings. The Morgan fingerprint density at radius 1 is 1.38 bits per heavy atom. The van der Waals surface area contributed by atoms with Gasteiger partial charge in [0.05, 0.1) is 12.2 Å². The Labute approximate surface area is 149 Å². The molecule has 1 N–H and O–H groups in total. The first-order valence-electron chi connectivity index (χ1n) is 8.07. The molecule has 0 spiro atoms. The van der Waals surface area contributed by atoms with Crippen LogP contribution in [0.5, 0.6) is 5.75 Å². The van der Waals surface area contributed by atoms with Crippen LogP contribution in [0.25, 0.3) is 0 Å². The van der Waals surface area contributed by atoms with Crippen LogP contribution in [-0.2, 0) is 13.2 Å². The van der Waals surface area contributed by atoms with E-state index in [2.05, 4.69) is 20.3 Å². The van der Waals surface area contributed by atoms with Crippen LogP contribution in [0.1, 0.15) is 34.8 Å². The number of benzene rings is 1. The number of hydrogen-bond donors (Lipinski definition) is 1. The summed E-state index contributed by atoms with van der Waals surface area (Å²) >= 11 is 0. The Balaban J connectivity index is 1.64. The molecule has 26 heavy (non-hydrogen) atoms. The minimum atomic E-state index is -0.448. The standard InChI is InChI=1S/C17H18FN5O3/c1-3-23(9-16-19-11(2)26-22-16)17(24)14-8-12(20-21-14)10-25-15-7-5-4-6-13(15)18/h4-8H,3,9-10H2,1-2H3,(H,20,21). The Kier molecular flexibility index (Phi) is 5.26. The molecule has 136 valence electrons. The van der Waals surface area contributed by atoms with Gasteiger partial charge >= 0.3 is 0 Å². The number of ether oxygens (including phenoxy) is 1. The molecule has 1 amide bonds. The zero-order valence-electron chi connectivity index (χ0n) is 14.4. The SMILES string of the molecule is CCN(Cc1noc(C)n1)C(=O)c1cc(COc2ccccc2F)[nH]n1. The summed E-state index contributed by atoms with van der Waals surface area (Å²) < 4.78 is 23.9. The van der Waals surface area contributed by atoms with Crippen LogP contribution in [0.15, 0.2) is 34.9 Å². The van der Waals surface area contributed by atoms with Crippen molar-refractivity contribution in [2.45, 2.75) is 27.0 Å². The van der Waals surface area contributed by atoms with E-state index >= 15 is 0 Å². The maximum absolute atomic E-state index is 13.6. The largest absolute Gasteiger partial charge is 0.484 e. The maximum atomic E-state index is 13.6. The van der Waals surface area contributed by atoms with Crippen molar-refractivity contribution in [2.75, 3.05) is 6.54 Å². The van der Waals surface area contributed by atoms with Crippen LogP contribution in [0.4, 0.5) is 4.39 Å². The maximum Gasteiger partial charge on any atom is 0.274 e. The predicted octanol–water partition coefficient (Wildman–Crippen LogP) is 2.48. The second-order valence-electron chi connectivity index (χ2n) is 5.55. The van der Waals surface area contributed by atoms with Gasteiger partial charge in [-0.05, 0) is 25.1 Å². The van der Waals surface area contributed by atoms with Crippen LogP contribution in [-0.4, -0.2) is 37.7 Å². The normalized spacial score (nSPS) is 10.7. The van der Waals surface area contributed by atoms with Crippen LogP contribution in [0.3, 0.4) is 0 Å². The van der Waals surface area contributed by atoms with Crippen molar-refractivity contribution in [2.24, 2.45) is 0 Å². The molecule has 0 unspecified atom stereocenters. The lowest BCUT2D eigenvalue weighted by Gasteiger charge is -2.17. The number of hydrogen-bond acceptors (Lipinski definition) is 6. The number of amides is 1. The van der Waals surface area contributed by atoms with E-state index in [1.807, 2.05) is 6.92 Å². The molecule has 3 rings (SSSR count). The van der Waals surface area contributed by atoms with Crippen LogP contribution >= 0.6 is 0 Å². The van der Waals surface area contributed by atoms with Gasteiger partial charge in [-0.25, -0.2) is 4.39 Å². The number of H-pyrrole nitrogens is 1. The number of nitrogens with one attached hydrogen (secondary N) is 1. The van der Waals surface area contributed by atoms with E-state index in [0.29, 0.717) is 24.0 Å². The fourth-order valence-corrected chi connectivity index (χ4v) is 2.33. The lowest BCUT2D eigenvalue weighted by Crippen LogP contribution is -2.31. The van der Waals surface area contributed by atoms with Crippen molar-refractivity contribution in [3.63, 3.8) is 0 Å². The third-order valence-corrected chi connectivity index (χ3v) is 3.64. The fourth-order valence-electron chi connectivity index (χ4n) is 2.33. The summed E-state index contributed by atoms with van der Waals surface area (Å²) in [6.45, 7) is 4.28. The Hall–Kier alpha value is -3.23. The lowest BCUT2D eigenvalue weighted by molar-refractivity contribution is 0.0741. The van der Waals surface area contributed by atoms with Crippen molar-refractivity contribution in [3.05, 3.63) is 59.3 Å². The molecule has 0 aliphatic carbocycles. The number of nitrogens with zero attached hydrogens (tertiary/aromatic N) is 4. The lowest BCUT2D eigenvalue weighted by atomic mass is 10.3. The van der Waals surface area contributed by atoms with Gasteiger partial charge in [-0.15, -0.1) is 0 Å². The number of carbonyl (C=O) groups is 1. The molecule has 2 heterocycles. The van der Waals surface area contributed by atoms with E-state index in [-0.39, 0.29) is 30.5 Å². The van der Waals surface area contributed by atoms with Crippen molar-refractivity contribution in [3.8, 4) is 5.75 Å². The highest BCUT2D eigenvalue weighted by Crippen LogP contribution is 2.17. The van der Waals surface area contributed by atoms with Gasteiger partial charge < -0.3 is 14.2 Å². The highest BCUT2D eigenvalue weighted by Gasteiger charge is 2.20. The minimum Gasteiger partial charge on any atom is -0.484 e. The fraction of sp³-hybridized carbons (Fsp3) is 0.294. The zero-order valence-corrected chi connectivity index (χ0v) is 14.4. The average Bonchev–Trinajstić information content (AvgIpc) is 3.27. The van der Waals surface area contributed by atoms with Gasteiger partial charge in [0.2, 0.25) is 5.89 Å². The summed E-state index contributed by atoms with van der Waals surface area (Å²) in [4.78, 5) is 18.2. The second-order valence-corrected chi connectivity index (χ2v) is 5.55. The first kappa shape index (κ1) is 17.6. The molecule has 0 bridgehead atoms. The molecule has 2 aromatic heterocycles. The molecule has 0 aliphatic rings. The Bertz CT molecular complexity index is 892. The topological polar surface area (TPSA) is 97.1 Å². The monoisotopic (exact) mass is 359 g/mol. The van der Waals surface area contributed by atoms with Crippen LogP contribution in [0, 0.1) is 12.7 Å². The first-order chi connectivity index (χ1) is 12.6. The Morgan fingerprint density at radius 2 is 2.19 bits per heavy atom. The summed E-state index contributed by atoms with van der Waals surface area (Å²) in [7, 11) is 0. The number of halogens is 1. The summed E-state index contributed by atoms with van der Waals surface area (Å²) in [5.41, 5.74) is 0.794. The summed E-state index contributed by atoms with van der Waals surface area (Å²) in [6, 6.07) is 7.69. The minimum absolute atomic E-state index is 0.0668. The van der Waals surface area contributed by atoms with Crippen LogP contribution in [0.2, 0.25) is 0 Å². The van der Waals surface area contributed by atoms with Crippen LogP contribution < -0.4 is 4.74 Å². The van der Waals surface area contributed by atoms with Gasteiger partial charge in [-0.3, -0.25) is 9.89 Å². The predicted molar refractivity (Wildman–Crippen MR) is 88.8 cm³/mol. The number of aromatic nitrogens is 4. The highest BCUT2D eigenvalue weighted by atomic mass is 19.1. The van der Waals surface area contributed by atoms with E-state index in [0.717, 1.165) is 0 Å². The molecule has 0 fully saturated rings. The molecule has 8 nitrogen and oxygen atoms in total. The summed E-state index contributed by atoms with van der Waals surface area (Å²) in [5.74, 6) is 0.282. The zero-order chi connectivity index (χ0) is 18.5. The third kappa shape index (κ3) is 4.05. The van der Waals surface area contributed by atoms with E-state index < -0.39 is 5.82 Å². The van der Waals surface area contributed by atoms with E-state index in [1.54, 1.807) is 30.0 Å². The van der Waals surface area contributed by atoms with Crippen molar-refractivity contribution >= 4 is 5.91 Å². The highest BCUT2D eigenvalue weighted by molar-refractivity contribution is 5.92. The summed E-state index contributed by atoms with van der Waals surface area (Å²) in [5, 5.41) is 10.5. The van der Waals surface area contributed by atoms with Crippen molar-refractivity contribution < 1.29 is 18.4 Å². The van der Waals surface area contributed by atoms with Gasteiger partial charge in [0.15, 0.2) is 23.1 Å². The molecular formula is C17H18FN5O3. The first-order valence-corrected chi connectivity index (χ1v) is 8.07. The van der Waals surface area contributed by atoms with Gasteiger partial charge in [0.25, 0.3) is 5.91 Å². The van der Waals surface area contributed by atoms with E-state index in [9.17, 15) is 9.18 Å². The number of aryl methyl sites for hydroxylation is 1. The smallest absolute Gasteiger partial charge is 0.274 e. The Morgan fingerprint density at radius 3 is 2.88 bits per heavy atom. The second kappa shape index (κ2) is 7.77. The van der Waals surface area contributed by atoms with E-state index in [4.69, 9.17) is 9.26 Å². The molecular weight excluding hydrogens is 341 g/mol. The average molecular weight is 359 g/mol. The van der Waals surface area contributed by atoms with E-state index in [1.165, 1.54) is 12.1 Å². The molecule has 0 aliphatic heterocycles.